The Kier molecular flexibility index (Phi) is 2.60. The van der Waals surface area contributed by atoms with Crippen LogP contribution in [0.1, 0.15) is 6.92 Å². The molecule has 0 saturated carbocycles. The quantitative estimate of drug-likeness (QED) is 0.846. The highest BCUT2D eigenvalue weighted by molar-refractivity contribution is 6.34. The van der Waals surface area contributed by atoms with Crippen LogP contribution in [0.5, 0.6) is 5.75 Å². The van der Waals surface area contributed by atoms with E-state index in [1.165, 1.54) is 0 Å². The first-order chi connectivity index (χ1) is 6.57. The molecule has 1 aromatic carbocycles. The molecule has 1 heterocycles. The highest BCUT2D eigenvalue weighted by atomic mass is 35.5. The Morgan fingerprint density at radius 3 is 2.21 bits per heavy atom. The zero-order valence-corrected chi connectivity index (χ0v) is 9.32. The zero-order valence-electron chi connectivity index (χ0n) is 7.81. The number of halogens is 2. The van der Waals surface area contributed by atoms with E-state index in [0.717, 1.165) is 18.8 Å². The summed E-state index contributed by atoms with van der Waals surface area (Å²) in [5.74, 6) is 0.728. The van der Waals surface area contributed by atoms with Crippen molar-refractivity contribution >= 4 is 23.2 Å². The van der Waals surface area contributed by atoms with Crippen LogP contribution in [-0.2, 0) is 0 Å². The molecular formula is C10H11Cl2NO. The van der Waals surface area contributed by atoms with Crippen LogP contribution in [0.3, 0.4) is 0 Å². The van der Waals surface area contributed by atoms with Gasteiger partial charge in [0.25, 0.3) is 0 Å². The van der Waals surface area contributed by atoms with Gasteiger partial charge in [-0.25, -0.2) is 0 Å². The van der Waals surface area contributed by atoms with Crippen LogP contribution in [0.15, 0.2) is 18.2 Å². The summed E-state index contributed by atoms with van der Waals surface area (Å²) in [7, 11) is 0. The van der Waals surface area contributed by atoms with E-state index in [0.29, 0.717) is 10.0 Å². The minimum atomic E-state index is -0.117. The molecule has 0 amide bonds. The van der Waals surface area contributed by atoms with Gasteiger partial charge in [0, 0.05) is 23.1 Å². The molecule has 14 heavy (non-hydrogen) atoms. The summed E-state index contributed by atoms with van der Waals surface area (Å²) in [6.45, 7) is 3.77. The number of rotatable bonds is 2. The Hall–Kier alpha value is -0.440. The SMILES string of the molecule is CC1(Oc2cc(Cl)cc(Cl)c2)CNC1. The second kappa shape index (κ2) is 3.61. The second-order valence-corrected chi connectivity index (χ2v) is 4.63. The summed E-state index contributed by atoms with van der Waals surface area (Å²) in [4.78, 5) is 0. The van der Waals surface area contributed by atoms with Gasteiger partial charge >= 0.3 is 0 Å². The highest BCUT2D eigenvalue weighted by Gasteiger charge is 2.33. The van der Waals surface area contributed by atoms with Crippen molar-refractivity contribution in [2.24, 2.45) is 0 Å². The van der Waals surface area contributed by atoms with Crippen LogP contribution >= 0.6 is 23.2 Å². The Labute approximate surface area is 93.2 Å². The molecule has 76 valence electrons. The Balaban J connectivity index is 2.16. The predicted molar refractivity (Wildman–Crippen MR) is 58.4 cm³/mol. The topological polar surface area (TPSA) is 21.3 Å². The van der Waals surface area contributed by atoms with E-state index >= 15 is 0 Å². The molecule has 0 radical (unpaired) electrons. The fourth-order valence-electron chi connectivity index (χ4n) is 1.42. The van der Waals surface area contributed by atoms with E-state index in [1.54, 1.807) is 18.2 Å². The van der Waals surface area contributed by atoms with Crippen LogP contribution in [0, 0.1) is 0 Å². The lowest BCUT2D eigenvalue weighted by molar-refractivity contribution is 0.0349. The third-order valence-electron chi connectivity index (χ3n) is 2.20. The molecule has 1 fully saturated rings. The average molecular weight is 232 g/mol. The number of hydrogen-bond acceptors (Lipinski definition) is 2. The number of nitrogens with one attached hydrogen (secondary N) is 1. The van der Waals surface area contributed by atoms with Crippen molar-refractivity contribution in [1.82, 2.24) is 5.32 Å². The molecule has 1 saturated heterocycles. The second-order valence-electron chi connectivity index (χ2n) is 3.76. The molecule has 1 aliphatic rings. The van der Waals surface area contributed by atoms with Crippen molar-refractivity contribution in [1.29, 1.82) is 0 Å². The first-order valence-corrected chi connectivity index (χ1v) is 5.19. The summed E-state index contributed by atoms with van der Waals surface area (Å²) in [5, 5.41) is 4.36. The Morgan fingerprint density at radius 1 is 1.21 bits per heavy atom. The zero-order chi connectivity index (χ0) is 10.2. The van der Waals surface area contributed by atoms with Gasteiger partial charge in [-0.3, -0.25) is 0 Å². The van der Waals surface area contributed by atoms with E-state index in [-0.39, 0.29) is 5.60 Å². The van der Waals surface area contributed by atoms with Crippen LogP contribution in [-0.4, -0.2) is 18.7 Å². The van der Waals surface area contributed by atoms with Gasteiger partial charge in [-0.1, -0.05) is 23.2 Å². The van der Waals surface area contributed by atoms with E-state index < -0.39 is 0 Å². The molecule has 0 atom stereocenters. The summed E-state index contributed by atoms with van der Waals surface area (Å²) in [5.41, 5.74) is -0.117. The normalized spacial score (nSPS) is 18.8. The lowest BCUT2D eigenvalue weighted by Crippen LogP contribution is -2.61. The molecule has 2 rings (SSSR count). The van der Waals surface area contributed by atoms with Crippen molar-refractivity contribution in [3.8, 4) is 5.75 Å². The van der Waals surface area contributed by atoms with Gasteiger partial charge in [-0.2, -0.15) is 0 Å². The fraction of sp³-hybridized carbons (Fsp3) is 0.400. The first kappa shape index (κ1) is 10.1. The van der Waals surface area contributed by atoms with Crippen LogP contribution in [0.2, 0.25) is 10.0 Å². The minimum absolute atomic E-state index is 0.117. The number of hydrogen-bond donors (Lipinski definition) is 1. The van der Waals surface area contributed by atoms with Crippen molar-refractivity contribution in [3.05, 3.63) is 28.2 Å². The van der Waals surface area contributed by atoms with Gasteiger partial charge in [0.2, 0.25) is 0 Å². The standard InChI is InChI=1S/C10H11Cl2NO/c1-10(5-13-6-10)14-9-3-7(11)2-8(12)4-9/h2-4,13H,5-6H2,1H3. The lowest BCUT2D eigenvalue weighted by atomic mass is 10.00. The summed E-state index contributed by atoms with van der Waals surface area (Å²) >= 11 is 11.7. The van der Waals surface area contributed by atoms with E-state index in [4.69, 9.17) is 27.9 Å². The maximum Gasteiger partial charge on any atom is 0.131 e. The maximum atomic E-state index is 5.86. The molecule has 0 aromatic heterocycles. The van der Waals surface area contributed by atoms with E-state index in [2.05, 4.69) is 12.2 Å². The Morgan fingerprint density at radius 2 is 1.79 bits per heavy atom. The molecular weight excluding hydrogens is 221 g/mol. The molecule has 1 N–H and O–H groups in total. The monoisotopic (exact) mass is 231 g/mol. The number of benzene rings is 1. The van der Waals surface area contributed by atoms with Crippen LogP contribution < -0.4 is 10.1 Å². The Bertz CT molecular complexity index is 330. The molecule has 0 spiro atoms. The smallest absolute Gasteiger partial charge is 0.131 e. The summed E-state index contributed by atoms with van der Waals surface area (Å²) in [6.07, 6.45) is 0. The van der Waals surface area contributed by atoms with Crippen LogP contribution in [0.4, 0.5) is 0 Å². The predicted octanol–water partition coefficient (Wildman–Crippen LogP) is 2.73. The van der Waals surface area contributed by atoms with Gasteiger partial charge in [0.15, 0.2) is 0 Å². The minimum Gasteiger partial charge on any atom is -0.485 e. The third kappa shape index (κ3) is 2.14. The molecule has 0 aliphatic carbocycles. The average Bonchev–Trinajstić information content (AvgIpc) is 1.99. The van der Waals surface area contributed by atoms with Gasteiger partial charge in [0.1, 0.15) is 11.4 Å². The molecule has 1 aromatic rings. The molecule has 1 aliphatic heterocycles. The maximum absolute atomic E-state index is 5.86. The van der Waals surface area contributed by atoms with Crippen molar-refractivity contribution < 1.29 is 4.74 Å². The van der Waals surface area contributed by atoms with E-state index in [9.17, 15) is 0 Å². The fourth-order valence-corrected chi connectivity index (χ4v) is 1.93. The molecule has 0 bridgehead atoms. The molecule has 2 nitrogen and oxygen atoms in total. The van der Waals surface area contributed by atoms with Gasteiger partial charge in [-0.05, 0) is 25.1 Å². The van der Waals surface area contributed by atoms with Crippen molar-refractivity contribution in [2.75, 3.05) is 13.1 Å². The largest absolute Gasteiger partial charge is 0.485 e. The van der Waals surface area contributed by atoms with Gasteiger partial charge < -0.3 is 10.1 Å². The molecule has 4 heteroatoms. The number of ether oxygens (including phenoxy) is 1. The van der Waals surface area contributed by atoms with Gasteiger partial charge in [0.05, 0.1) is 0 Å². The third-order valence-corrected chi connectivity index (χ3v) is 2.63. The first-order valence-electron chi connectivity index (χ1n) is 4.43. The van der Waals surface area contributed by atoms with Crippen molar-refractivity contribution in [2.45, 2.75) is 12.5 Å². The lowest BCUT2D eigenvalue weighted by Gasteiger charge is -2.39. The van der Waals surface area contributed by atoms with Gasteiger partial charge in [-0.15, -0.1) is 0 Å². The van der Waals surface area contributed by atoms with Crippen molar-refractivity contribution in [3.63, 3.8) is 0 Å². The van der Waals surface area contributed by atoms with Crippen LogP contribution in [0.25, 0.3) is 0 Å². The highest BCUT2D eigenvalue weighted by Crippen LogP contribution is 2.28. The van der Waals surface area contributed by atoms with E-state index in [1.807, 2.05) is 0 Å². The summed E-state index contributed by atoms with van der Waals surface area (Å²) in [6, 6.07) is 5.24. The molecule has 0 unspecified atom stereocenters. The summed E-state index contributed by atoms with van der Waals surface area (Å²) < 4.78 is 5.77.